The summed E-state index contributed by atoms with van der Waals surface area (Å²) in [6.45, 7) is 7.54. The van der Waals surface area contributed by atoms with Gasteiger partial charge in [-0.1, -0.05) is 11.6 Å². The van der Waals surface area contributed by atoms with Gasteiger partial charge in [0.2, 0.25) is 5.90 Å². The van der Waals surface area contributed by atoms with Gasteiger partial charge in [0.05, 0.1) is 11.6 Å². The van der Waals surface area contributed by atoms with Gasteiger partial charge in [-0.2, -0.15) is 0 Å². The Hall–Kier alpha value is -1.82. The molecule has 3 aliphatic rings. The van der Waals surface area contributed by atoms with Crippen molar-refractivity contribution in [2.45, 2.75) is 77.5 Å². The molecular weight excluding hydrogens is 378 g/mol. The van der Waals surface area contributed by atoms with Gasteiger partial charge in [0.25, 0.3) is 0 Å². The lowest BCUT2D eigenvalue weighted by Gasteiger charge is -2.22. The Balaban J connectivity index is 1.46. The van der Waals surface area contributed by atoms with Gasteiger partial charge in [0.15, 0.2) is 5.82 Å². The zero-order valence-corrected chi connectivity index (χ0v) is 17.7. The molecule has 0 amide bonds. The normalized spacial score (nSPS) is 29.2. The summed E-state index contributed by atoms with van der Waals surface area (Å²) in [7, 11) is 0. The molecular formula is C21H28ClN3O3. The van der Waals surface area contributed by atoms with Crippen LogP contribution in [0, 0.1) is 11.8 Å². The first kappa shape index (κ1) is 19.5. The Morgan fingerprint density at radius 1 is 1.25 bits per heavy atom. The number of hydrogen-bond donors (Lipinski definition) is 0. The monoisotopic (exact) mass is 405 g/mol. The molecule has 2 bridgehead atoms. The predicted octanol–water partition coefficient (Wildman–Crippen LogP) is 4.81. The van der Waals surface area contributed by atoms with E-state index < -0.39 is 11.6 Å². The van der Waals surface area contributed by atoms with Crippen molar-refractivity contribution in [2.24, 2.45) is 16.9 Å². The van der Waals surface area contributed by atoms with E-state index in [1.54, 1.807) is 12.1 Å². The average molecular weight is 406 g/mol. The summed E-state index contributed by atoms with van der Waals surface area (Å²) in [5, 5.41) is 6.60. The number of esters is 1. The lowest BCUT2D eigenvalue weighted by Crippen LogP contribution is -2.26. The number of pyridine rings is 1. The number of ether oxygens (including phenoxy) is 2. The van der Waals surface area contributed by atoms with Crippen LogP contribution >= 0.6 is 11.6 Å². The minimum Gasteiger partial charge on any atom is -0.476 e. The molecule has 1 unspecified atom stereocenters. The molecule has 1 aromatic rings. The predicted molar refractivity (Wildman–Crippen MR) is 109 cm³/mol. The van der Waals surface area contributed by atoms with Gasteiger partial charge in [0.1, 0.15) is 16.9 Å². The molecule has 2 heterocycles. The topological polar surface area (TPSA) is 64.0 Å². The van der Waals surface area contributed by atoms with Crippen molar-refractivity contribution in [3.63, 3.8) is 0 Å². The summed E-state index contributed by atoms with van der Waals surface area (Å²) in [6.07, 6.45) is 6.17. The SMILES string of the molecule is CC1CC(O[C@H]2C[C@@H]3CC[C@H]2C3)=NN1c1ccc(C(=O)OC(C)(C)C)c(Cl)n1. The van der Waals surface area contributed by atoms with Gasteiger partial charge in [-0.3, -0.25) is 0 Å². The van der Waals surface area contributed by atoms with Gasteiger partial charge in [-0.25, -0.2) is 14.8 Å². The summed E-state index contributed by atoms with van der Waals surface area (Å²) >= 11 is 6.28. The molecule has 28 heavy (non-hydrogen) atoms. The van der Waals surface area contributed by atoms with Crippen LogP contribution in [0.5, 0.6) is 0 Å². The van der Waals surface area contributed by atoms with Gasteiger partial charge in [-0.15, -0.1) is 5.10 Å². The Kier molecular flexibility index (Phi) is 5.02. The summed E-state index contributed by atoms with van der Waals surface area (Å²) < 4.78 is 11.6. The summed E-state index contributed by atoms with van der Waals surface area (Å²) in [6, 6.07) is 3.53. The first-order valence-corrected chi connectivity index (χ1v) is 10.5. The maximum absolute atomic E-state index is 12.3. The molecule has 1 aromatic heterocycles. The highest BCUT2D eigenvalue weighted by Gasteiger charge is 2.42. The fraction of sp³-hybridized carbons (Fsp3) is 0.667. The standard InChI is InChI=1S/C21H28ClN3O3/c1-12-9-18(27-16-11-13-5-6-14(16)10-13)24-25(12)17-8-7-15(19(22)23-17)20(26)28-21(2,3)4/h7-8,12-14,16H,5-6,9-11H2,1-4H3/t12?,13-,14+,16+/m1/s1. The van der Waals surface area contributed by atoms with E-state index in [4.69, 9.17) is 21.1 Å². The number of fused-ring (bicyclic) bond motifs is 2. The third kappa shape index (κ3) is 3.97. The lowest BCUT2D eigenvalue weighted by molar-refractivity contribution is 0.00693. The van der Waals surface area contributed by atoms with Crippen LogP contribution in [0.4, 0.5) is 5.82 Å². The van der Waals surface area contributed by atoms with Crippen molar-refractivity contribution in [1.29, 1.82) is 0 Å². The first-order chi connectivity index (χ1) is 13.2. The number of halogens is 1. The maximum atomic E-state index is 12.3. The van der Waals surface area contributed by atoms with Crippen molar-refractivity contribution in [3.8, 4) is 0 Å². The molecule has 4 rings (SSSR count). The molecule has 6 nitrogen and oxygen atoms in total. The molecule has 2 saturated carbocycles. The zero-order chi connectivity index (χ0) is 20.1. The van der Waals surface area contributed by atoms with Crippen molar-refractivity contribution in [3.05, 3.63) is 22.8 Å². The Morgan fingerprint density at radius 2 is 2.04 bits per heavy atom. The Morgan fingerprint density at radius 3 is 2.64 bits per heavy atom. The largest absolute Gasteiger partial charge is 0.476 e. The molecule has 2 aliphatic carbocycles. The van der Waals surface area contributed by atoms with Crippen LogP contribution in [0.15, 0.2) is 17.2 Å². The van der Waals surface area contributed by atoms with Gasteiger partial charge >= 0.3 is 5.97 Å². The van der Waals surface area contributed by atoms with E-state index in [0.717, 1.165) is 24.7 Å². The Bertz CT molecular complexity index is 805. The second-order valence-corrected chi connectivity index (χ2v) is 9.59. The molecule has 7 heteroatoms. The molecule has 0 saturated heterocycles. The van der Waals surface area contributed by atoms with E-state index in [1.165, 1.54) is 19.3 Å². The summed E-state index contributed by atoms with van der Waals surface area (Å²) in [5.74, 6) is 2.44. The number of rotatable bonds is 3. The number of carbonyl (C=O) groups excluding carboxylic acids is 1. The number of nitrogens with zero attached hydrogens (tertiary/aromatic N) is 3. The zero-order valence-electron chi connectivity index (χ0n) is 16.9. The van der Waals surface area contributed by atoms with Crippen LogP contribution in [0.1, 0.15) is 70.2 Å². The third-order valence-corrected chi connectivity index (χ3v) is 6.04. The summed E-state index contributed by atoms with van der Waals surface area (Å²) in [5.41, 5.74) is -0.326. The third-order valence-electron chi connectivity index (χ3n) is 5.75. The second kappa shape index (κ2) is 7.21. The number of carbonyl (C=O) groups is 1. The fourth-order valence-corrected chi connectivity index (χ4v) is 4.72. The number of hydrogen-bond acceptors (Lipinski definition) is 6. The highest BCUT2D eigenvalue weighted by Crippen LogP contribution is 2.46. The van der Waals surface area contributed by atoms with Crippen LogP contribution in [0.25, 0.3) is 0 Å². The minimum atomic E-state index is -0.585. The van der Waals surface area contributed by atoms with E-state index in [9.17, 15) is 4.79 Å². The lowest BCUT2D eigenvalue weighted by atomic mass is 9.98. The average Bonchev–Trinajstić information content (AvgIpc) is 3.29. The molecule has 152 valence electrons. The minimum absolute atomic E-state index is 0.122. The quantitative estimate of drug-likeness (QED) is 0.533. The van der Waals surface area contributed by atoms with E-state index in [1.807, 2.05) is 25.8 Å². The molecule has 4 atom stereocenters. The van der Waals surface area contributed by atoms with Gasteiger partial charge < -0.3 is 9.47 Å². The smallest absolute Gasteiger partial charge is 0.341 e. The van der Waals surface area contributed by atoms with Crippen molar-refractivity contribution < 1.29 is 14.3 Å². The van der Waals surface area contributed by atoms with E-state index >= 15 is 0 Å². The Labute approximate surface area is 171 Å². The van der Waals surface area contributed by atoms with Crippen LogP contribution in [-0.2, 0) is 9.47 Å². The molecule has 0 spiro atoms. The van der Waals surface area contributed by atoms with E-state index in [2.05, 4.69) is 17.0 Å². The highest BCUT2D eigenvalue weighted by molar-refractivity contribution is 6.32. The molecule has 2 fully saturated rings. The number of hydrazone groups is 1. The van der Waals surface area contributed by atoms with Gasteiger partial charge in [0, 0.05) is 6.42 Å². The van der Waals surface area contributed by atoms with Crippen LogP contribution in [-0.4, -0.2) is 34.6 Å². The van der Waals surface area contributed by atoms with Crippen LogP contribution in [0.2, 0.25) is 5.15 Å². The van der Waals surface area contributed by atoms with Crippen molar-refractivity contribution in [1.82, 2.24) is 4.98 Å². The molecule has 0 aromatic carbocycles. The van der Waals surface area contributed by atoms with E-state index in [0.29, 0.717) is 17.8 Å². The van der Waals surface area contributed by atoms with Crippen molar-refractivity contribution in [2.75, 3.05) is 5.01 Å². The second-order valence-electron chi connectivity index (χ2n) is 9.23. The van der Waals surface area contributed by atoms with Crippen LogP contribution in [0.3, 0.4) is 0 Å². The number of aromatic nitrogens is 1. The maximum Gasteiger partial charge on any atom is 0.341 e. The highest BCUT2D eigenvalue weighted by atomic mass is 35.5. The molecule has 0 radical (unpaired) electrons. The summed E-state index contributed by atoms with van der Waals surface area (Å²) in [4.78, 5) is 16.7. The fourth-order valence-electron chi connectivity index (χ4n) is 4.49. The van der Waals surface area contributed by atoms with Gasteiger partial charge in [-0.05, 0) is 77.3 Å². The number of anilines is 1. The molecule has 0 N–H and O–H groups in total. The molecule has 1 aliphatic heterocycles. The van der Waals surface area contributed by atoms with E-state index in [-0.39, 0.29) is 16.8 Å². The van der Waals surface area contributed by atoms with Crippen LogP contribution < -0.4 is 5.01 Å². The first-order valence-electron chi connectivity index (χ1n) is 10.1. The van der Waals surface area contributed by atoms with Crippen molar-refractivity contribution >= 4 is 29.3 Å².